The van der Waals surface area contributed by atoms with Gasteiger partial charge in [-0.3, -0.25) is 0 Å². The molecule has 0 saturated carbocycles. The topological polar surface area (TPSA) is 165 Å². The number of allylic oxidation sites excluding steroid dienone is 24. The second kappa shape index (κ2) is 29.4. The van der Waals surface area contributed by atoms with Crippen LogP contribution in [0.2, 0.25) is 0 Å². The number of hydrogen-bond acceptors (Lipinski definition) is 5. The lowest BCUT2D eigenvalue weighted by Crippen LogP contribution is -1.84. The Morgan fingerprint density at radius 3 is 0.980 bits per heavy atom. The molecule has 0 amide bonds. The Balaban J connectivity index is 0. The molecule has 0 radical (unpaired) electrons. The van der Waals surface area contributed by atoms with E-state index in [1.54, 1.807) is 0 Å². The smallest absolute Gasteiger partial charge is 0.392 e. The Hall–Kier alpha value is -3.20. The van der Waals surface area contributed by atoms with E-state index in [1.807, 2.05) is 13.8 Å². The van der Waals surface area contributed by atoms with Crippen LogP contribution in [0, 0.1) is 0 Å². The zero-order valence-electron chi connectivity index (χ0n) is 31.4. The summed E-state index contributed by atoms with van der Waals surface area (Å²) >= 11 is 0. The fourth-order valence-electron chi connectivity index (χ4n) is 3.60. The summed E-state index contributed by atoms with van der Waals surface area (Å²) in [5.74, 6) is 0. The minimum absolute atomic E-state index is 0.141. The van der Waals surface area contributed by atoms with Crippen LogP contribution in [0.4, 0.5) is 0 Å². The summed E-state index contributed by atoms with van der Waals surface area (Å²) in [6, 6.07) is 0. The van der Waals surface area contributed by atoms with Gasteiger partial charge < -0.3 is 29.8 Å². The summed E-state index contributed by atoms with van der Waals surface area (Å²) in [5, 5.41) is 18.1. The molecule has 0 aromatic rings. The highest BCUT2D eigenvalue weighted by Gasteiger charge is 2.27. The largest absolute Gasteiger partial charge is 0.478 e. The van der Waals surface area contributed by atoms with Crippen molar-refractivity contribution in [3.05, 3.63) is 154 Å². The Morgan fingerprint density at radius 2 is 0.725 bits per heavy atom. The van der Waals surface area contributed by atoms with Gasteiger partial charge in [0, 0.05) is 0 Å². The maximum absolute atomic E-state index is 9.63. The lowest BCUT2D eigenvalue weighted by molar-refractivity contribution is 0.225. The molecule has 0 fully saturated rings. The van der Waals surface area contributed by atoms with Crippen molar-refractivity contribution in [3.63, 3.8) is 0 Å². The zero-order valence-corrected chi connectivity index (χ0v) is 33.2. The van der Waals surface area contributed by atoms with E-state index in [-0.39, 0.29) is 13.2 Å². The van der Waals surface area contributed by atoms with Crippen molar-refractivity contribution < 1.29 is 43.2 Å². The minimum atomic E-state index is -5.05. The number of hydrogen-bond donors (Lipinski definition) is 6. The fourth-order valence-corrected chi connectivity index (χ4v) is 4.70. The molecule has 284 valence electrons. The molecule has 0 atom stereocenters. The van der Waals surface area contributed by atoms with Crippen molar-refractivity contribution in [2.75, 3.05) is 13.2 Å². The monoisotopic (exact) mass is 746 g/mol. The first-order chi connectivity index (χ1) is 23.8. The summed E-state index contributed by atoms with van der Waals surface area (Å²) < 4.78 is 22.2. The average Bonchev–Trinajstić information content (AvgIpc) is 3.01. The highest BCUT2D eigenvalue weighted by atomic mass is 31.3. The van der Waals surface area contributed by atoms with E-state index < -0.39 is 15.6 Å². The second-order valence-electron chi connectivity index (χ2n) is 12.0. The third-order valence-corrected chi connectivity index (χ3v) is 8.22. The maximum Gasteiger partial charge on any atom is 0.478 e. The molecule has 0 aliphatic heterocycles. The Morgan fingerprint density at radius 1 is 0.451 bits per heavy atom. The quantitative estimate of drug-likeness (QED) is 0.0404. The zero-order chi connectivity index (χ0) is 39.3. The van der Waals surface area contributed by atoms with Gasteiger partial charge in [0.1, 0.15) is 0 Å². The highest BCUT2D eigenvalue weighted by molar-refractivity contribution is 7.60. The average molecular weight is 747 g/mol. The lowest BCUT2D eigenvalue weighted by Gasteiger charge is -2.03. The number of aliphatic hydroxyl groups is 2. The summed E-state index contributed by atoms with van der Waals surface area (Å²) in [4.78, 5) is 31.0. The van der Waals surface area contributed by atoms with Gasteiger partial charge in [-0.05, 0) is 81.1 Å². The van der Waals surface area contributed by atoms with Crippen molar-refractivity contribution in [2.24, 2.45) is 0 Å². The predicted octanol–water partition coefficient (Wildman–Crippen LogP) is 10.1. The Bertz CT molecular complexity index is 1430. The van der Waals surface area contributed by atoms with E-state index in [9.17, 15) is 9.13 Å². The van der Waals surface area contributed by atoms with Gasteiger partial charge in [0.25, 0.3) is 0 Å². The van der Waals surface area contributed by atoms with Crippen molar-refractivity contribution in [1.82, 2.24) is 0 Å². The first-order valence-electron chi connectivity index (χ1n) is 16.5. The summed E-state index contributed by atoms with van der Waals surface area (Å²) in [7, 11) is -10.1. The summed E-state index contributed by atoms with van der Waals surface area (Å²) in [6.07, 6.45) is 41.9. The molecule has 0 saturated heterocycles. The first kappa shape index (κ1) is 49.9. The van der Waals surface area contributed by atoms with E-state index in [0.717, 1.165) is 36.8 Å². The molecule has 0 aromatic carbocycles. The van der Waals surface area contributed by atoms with Crippen molar-refractivity contribution in [1.29, 1.82) is 0 Å². The van der Waals surface area contributed by atoms with E-state index in [4.69, 9.17) is 29.8 Å². The van der Waals surface area contributed by atoms with Crippen molar-refractivity contribution >= 4 is 15.6 Å². The molecule has 51 heavy (non-hydrogen) atoms. The van der Waals surface area contributed by atoms with Crippen LogP contribution in [0.1, 0.15) is 81.1 Å². The van der Waals surface area contributed by atoms with Crippen molar-refractivity contribution in [2.45, 2.75) is 81.1 Å². The molecule has 11 heteroatoms. The molecule has 0 bridgehead atoms. The van der Waals surface area contributed by atoms with Gasteiger partial charge in [-0.2, -0.15) is 4.31 Å². The van der Waals surface area contributed by atoms with Gasteiger partial charge in [-0.1, -0.05) is 154 Å². The van der Waals surface area contributed by atoms with Crippen molar-refractivity contribution in [3.8, 4) is 0 Å². The van der Waals surface area contributed by atoms with Crippen LogP contribution in [-0.2, 0) is 13.4 Å². The predicted molar refractivity (Wildman–Crippen MR) is 214 cm³/mol. The molecule has 0 heterocycles. The maximum atomic E-state index is 9.63. The number of aliphatic hydroxyl groups excluding tert-OH is 2. The Labute approximate surface area is 306 Å². The molecular formula is C40H60O9P2. The van der Waals surface area contributed by atoms with Gasteiger partial charge in [0.2, 0.25) is 0 Å². The highest BCUT2D eigenvalue weighted by Crippen LogP contribution is 2.53. The van der Waals surface area contributed by atoms with Crippen LogP contribution in [0.3, 0.4) is 0 Å². The van der Waals surface area contributed by atoms with Crippen LogP contribution >= 0.6 is 15.6 Å². The van der Waals surface area contributed by atoms with Gasteiger partial charge in [0.05, 0.1) is 13.2 Å². The summed E-state index contributed by atoms with van der Waals surface area (Å²) in [6.45, 7) is 16.9. The normalized spacial score (nSPS) is 15.7. The molecular weight excluding hydrogens is 686 g/mol. The standard InChI is InChI=1S/C40H56O2.H4O7P2/c1-33(19-11-21-35(3)23-13-25-37(5)27-15-29-39(7)31-41)17-9-10-18-34(2)20-12-22-36(4)24-14-26-38(6)28-16-30-40(8)32-42;1-8(2,3)7-9(4,5)6/h9-14,17-26,29-30,41-42H,15-16,27-28,31-32H2,1-8H3;(H2,1,2,3)(H2,4,5,6)/b10-9+,19-11+,20-12+,23-13+,24-14+,33-17+,34-18+,35-21+,36-22+,37-25+,38-26+,39-29+,40-30+;. The lowest BCUT2D eigenvalue weighted by atomic mass is 10.1. The molecule has 0 aliphatic carbocycles. The van der Waals surface area contributed by atoms with E-state index in [0.29, 0.717) is 0 Å². The van der Waals surface area contributed by atoms with Crippen LogP contribution in [0.25, 0.3) is 0 Å². The number of phosphoric acid groups is 2. The van der Waals surface area contributed by atoms with Crippen LogP contribution in [-0.4, -0.2) is 43.0 Å². The van der Waals surface area contributed by atoms with Gasteiger partial charge in [0.15, 0.2) is 0 Å². The van der Waals surface area contributed by atoms with E-state index >= 15 is 0 Å². The third-order valence-electron chi connectivity index (χ3n) is 6.52. The van der Waals surface area contributed by atoms with Gasteiger partial charge >= 0.3 is 15.6 Å². The first-order valence-corrected chi connectivity index (χ1v) is 19.6. The third kappa shape index (κ3) is 37.9. The molecule has 9 nitrogen and oxygen atoms in total. The van der Waals surface area contributed by atoms with Crippen LogP contribution in [0.5, 0.6) is 0 Å². The molecule has 0 aromatic heterocycles. The summed E-state index contributed by atoms with van der Waals surface area (Å²) in [5.41, 5.74) is 9.49. The van der Waals surface area contributed by atoms with E-state index in [1.165, 1.54) is 33.4 Å². The Kier molecular flexibility index (Phi) is 28.8. The SMILES string of the molecule is CC(/C=C/C=C(C)/C=C/C=C(\C)CC/C=C(\C)CO)=C\C=C\C=C(C)\C=C\C=C(C)\C=C\C=C(/C)CC/C=C(\C)CO.O=P(O)(O)OP(=O)(O)O. The van der Waals surface area contributed by atoms with E-state index in [2.05, 4.69) is 155 Å². The minimum Gasteiger partial charge on any atom is -0.392 e. The van der Waals surface area contributed by atoms with Crippen LogP contribution < -0.4 is 0 Å². The van der Waals surface area contributed by atoms with Crippen LogP contribution in [0.15, 0.2) is 154 Å². The second-order valence-corrected chi connectivity index (χ2v) is 14.7. The molecule has 0 rings (SSSR count). The van der Waals surface area contributed by atoms with Gasteiger partial charge in [-0.15, -0.1) is 0 Å². The molecule has 0 aliphatic rings. The van der Waals surface area contributed by atoms with Gasteiger partial charge in [-0.25, -0.2) is 9.13 Å². The number of rotatable bonds is 20. The molecule has 0 spiro atoms. The molecule has 0 unspecified atom stereocenters. The molecule has 6 N–H and O–H groups in total. The fraction of sp³-hybridized carbons (Fsp3) is 0.350.